The summed E-state index contributed by atoms with van der Waals surface area (Å²) in [6, 6.07) is 6.84. The normalized spacial score (nSPS) is 24.1. The van der Waals surface area contributed by atoms with E-state index >= 15 is 0 Å². The van der Waals surface area contributed by atoms with Crippen molar-refractivity contribution in [2.45, 2.75) is 45.1 Å². The van der Waals surface area contributed by atoms with Crippen LogP contribution in [-0.2, 0) is 6.42 Å². The quantitative estimate of drug-likeness (QED) is 0.857. The van der Waals surface area contributed by atoms with Crippen molar-refractivity contribution in [1.82, 2.24) is 5.32 Å². The van der Waals surface area contributed by atoms with Gasteiger partial charge >= 0.3 is 0 Å². The zero-order valence-corrected chi connectivity index (χ0v) is 11.0. The third-order valence-corrected chi connectivity index (χ3v) is 4.10. The molecule has 1 aromatic carbocycles. The molecule has 1 aromatic rings. The van der Waals surface area contributed by atoms with Gasteiger partial charge in [0.1, 0.15) is 0 Å². The van der Waals surface area contributed by atoms with E-state index in [0.717, 1.165) is 24.9 Å². The van der Waals surface area contributed by atoms with Crippen LogP contribution in [-0.4, -0.2) is 12.1 Å². The Hall–Kier alpha value is -0.960. The monoisotopic (exact) mass is 253 g/mol. The molecule has 1 nitrogen and oxygen atoms in total. The van der Waals surface area contributed by atoms with Gasteiger partial charge in [-0.25, -0.2) is 8.78 Å². The molecule has 0 radical (unpaired) electrons. The third-order valence-electron chi connectivity index (χ3n) is 4.10. The predicted octanol–water partition coefficient (Wildman–Crippen LogP) is 3.94. The van der Waals surface area contributed by atoms with Crippen LogP contribution in [0, 0.1) is 5.92 Å². The number of hydrogen-bond acceptors (Lipinski definition) is 1. The van der Waals surface area contributed by atoms with Crippen LogP contribution in [0.3, 0.4) is 0 Å². The maximum absolute atomic E-state index is 12.7. The number of rotatable bonds is 4. The fourth-order valence-electron chi connectivity index (χ4n) is 2.88. The van der Waals surface area contributed by atoms with Crippen molar-refractivity contribution in [3.8, 4) is 0 Å². The van der Waals surface area contributed by atoms with Gasteiger partial charge in [-0.05, 0) is 37.3 Å². The van der Waals surface area contributed by atoms with E-state index in [9.17, 15) is 8.78 Å². The van der Waals surface area contributed by atoms with Gasteiger partial charge < -0.3 is 5.32 Å². The van der Waals surface area contributed by atoms with Gasteiger partial charge in [0.25, 0.3) is 6.43 Å². The Kier molecular flexibility index (Phi) is 4.00. The van der Waals surface area contributed by atoms with E-state index in [1.165, 1.54) is 12.5 Å². The van der Waals surface area contributed by atoms with Crippen LogP contribution in [0.1, 0.15) is 44.2 Å². The first-order chi connectivity index (χ1) is 8.53. The standard InChI is InChI=1S/C15H21F2N/c1-11(2)15(7-4-8-18-15)10-12-5-3-6-13(9-12)14(16)17/h3,5-6,9,11,14,18H,4,7-8,10H2,1-2H3. The molecule has 0 amide bonds. The van der Waals surface area contributed by atoms with Gasteiger partial charge in [-0.2, -0.15) is 0 Å². The maximum atomic E-state index is 12.7. The number of hydrogen-bond donors (Lipinski definition) is 1. The minimum absolute atomic E-state index is 0.0841. The van der Waals surface area contributed by atoms with Crippen LogP contribution in [0.2, 0.25) is 0 Å². The van der Waals surface area contributed by atoms with Gasteiger partial charge in [0, 0.05) is 11.1 Å². The highest BCUT2D eigenvalue weighted by Gasteiger charge is 2.36. The van der Waals surface area contributed by atoms with Crippen molar-refractivity contribution in [3.63, 3.8) is 0 Å². The zero-order chi connectivity index (χ0) is 13.2. The van der Waals surface area contributed by atoms with E-state index < -0.39 is 6.43 Å². The Balaban J connectivity index is 2.19. The van der Waals surface area contributed by atoms with Gasteiger partial charge in [0.05, 0.1) is 0 Å². The summed E-state index contributed by atoms with van der Waals surface area (Å²) in [5.74, 6) is 0.509. The lowest BCUT2D eigenvalue weighted by molar-refractivity contribution is 0.151. The number of benzene rings is 1. The van der Waals surface area contributed by atoms with Crippen molar-refractivity contribution in [2.24, 2.45) is 5.92 Å². The summed E-state index contributed by atoms with van der Waals surface area (Å²) < 4.78 is 25.4. The summed E-state index contributed by atoms with van der Waals surface area (Å²) in [4.78, 5) is 0. The Labute approximate surface area is 108 Å². The molecule has 1 fully saturated rings. The Morgan fingerprint density at radius 3 is 2.67 bits per heavy atom. The van der Waals surface area contributed by atoms with E-state index in [1.54, 1.807) is 12.1 Å². The molecule has 3 heteroatoms. The first-order valence-corrected chi connectivity index (χ1v) is 6.65. The van der Waals surface area contributed by atoms with Crippen molar-refractivity contribution < 1.29 is 8.78 Å². The lowest BCUT2D eigenvalue weighted by Crippen LogP contribution is -2.46. The zero-order valence-electron chi connectivity index (χ0n) is 11.0. The van der Waals surface area contributed by atoms with E-state index in [2.05, 4.69) is 19.2 Å². The van der Waals surface area contributed by atoms with Gasteiger partial charge in [-0.3, -0.25) is 0 Å². The van der Waals surface area contributed by atoms with Crippen LogP contribution in [0.15, 0.2) is 24.3 Å². The Bertz CT molecular complexity index is 395. The third kappa shape index (κ3) is 2.72. The van der Waals surface area contributed by atoms with E-state index in [0.29, 0.717) is 5.92 Å². The van der Waals surface area contributed by atoms with Gasteiger partial charge in [0.2, 0.25) is 0 Å². The smallest absolute Gasteiger partial charge is 0.263 e. The fraction of sp³-hybridized carbons (Fsp3) is 0.600. The average molecular weight is 253 g/mol. The Morgan fingerprint density at radius 1 is 1.33 bits per heavy atom. The van der Waals surface area contributed by atoms with Crippen LogP contribution in [0.25, 0.3) is 0 Å². The summed E-state index contributed by atoms with van der Waals surface area (Å²) in [7, 11) is 0. The molecule has 2 rings (SSSR count). The van der Waals surface area contributed by atoms with Crippen LogP contribution < -0.4 is 5.32 Å². The van der Waals surface area contributed by atoms with Gasteiger partial charge in [-0.1, -0.05) is 38.1 Å². The van der Waals surface area contributed by atoms with Gasteiger partial charge in [-0.15, -0.1) is 0 Å². The van der Waals surface area contributed by atoms with E-state index in [-0.39, 0.29) is 11.1 Å². The highest BCUT2D eigenvalue weighted by Crippen LogP contribution is 2.32. The molecule has 0 bridgehead atoms. The molecular formula is C15H21F2N. The Morgan fingerprint density at radius 2 is 2.11 bits per heavy atom. The summed E-state index contributed by atoms with van der Waals surface area (Å²) in [6.07, 6.45) is 0.762. The molecular weight excluding hydrogens is 232 g/mol. The molecule has 100 valence electrons. The largest absolute Gasteiger partial charge is 0.311 e. The molecule has 0 aromatic heterocycles. The van der Waals surface area contributed by atoms with Crippen LogP contribution in [0.5, 0.6) is 0 Å². The fourth-order valence-corrected chi connectivity index (χ4v) is 2.88. The second-order valence-electron chi connectivity index (χ2n) is 5.56. The molecule has 1 saturated heterocycles. The maximum Gasteiger partial charge on any atom is 0.263 e. The minimum atomic E-state index is -2.38. The van der Waals surface area contributed by atoms with Crippen molar-refractivity contribution in [2.75, 3.05) is 6.54 Å². The number of alkyl halides is 2. The lowest BCUT2D eigenvalue weighted by Gasteiger charge is -2.34. The molecule has 0 saturated carbocycles. The highest BCUT2D eigenvalue weighted by atomic mass is 19.3. The van der Waals surface area contributed by atoms with Crippen molar-refractivity contribution in [3.05, 3.63) is 35.4 Å². The molecule has 18 heavy (non-hydrogen) atoms. The summed E-state index contributed by atoms with van der Waals surface area (Å²) in [5.41, 5.74) is 1.22. The molecule has 0 aliphatic carbocycles. The molecule has 0 spiro atoms. The predicted molar refractivity (Wildman–Crippen MR) is 69.9 cm³/mol. The van der Waals surface area contributed by atoms with Crippen molar-refractivity contribution in [1.29, 1.82) is 0 Å². The summed E-state index contributed by atoms with van der Waals surface area (Å²) in [5, 5.41) is 3.58. The lowest BCUT2D eigenvalue weighted by atomic mass is 9.79. The summed E-state index contributed by atoms with van der Waals surface area (Å²) >= 11 is 0. The molecule has 1 heterocycles. The second kappa shape index (κ2) is 5.35. The first kappa shape index (κ1) is 13.5. The molecule has 1 unspecified atom stereocenters. The molecule has 1 aliphatic rings. The van der Waals surface area contributed by atoms with E-state index in [1.807, 2.05) is 6.07 Å². The average Bonchev–Trinajstić information content (AvgIpc) is 2.79. The second-order valence-corrected chi connectivity index (χ2v) is 5.56. The SMILES string of the molecule is CC(C)C1(Cc2cccc(C(F)F)c2)CCCN1. The van der Waals surface area contributed by atoms with Crippen LogP contribution in [0.4, 0.5) is 8.78 Å². The number of nitrogens with one attached hydrogen (secondary N) is 1. The first-order valence-electron chi connectivity index (χ1n) is 6.65. The molecule has 1 aliphatic heterocycles. The minimum Gasteiger partial charge on any atom is -0.311 e. The molecule has 1 atom stereocenters. The molecule has 1 N–H and O–H groups in total. The van der Waals surface area contributed by atoms with Crippen LogP contribution >= 0.6 is 0 Å². The van der Waals surface area contributed by atoms with Crippen molar-refractivity contribution >= 4 is 0 Å². The number of halogens is 2. The highest BCUT2D eigenvalue weighted by molar-refractivity contribution is 5.26. The topological polar surface area (TPSA) is 12.0 Å². The summed E-state index contributed by atoms with van der Waals surface area (Å²) in [6.45, 7) is 5.44. The van der Waals surface area contributed by atoms with E-state index in [4.69, 9.17) is 0 Å². The van der Waals surface area contributed by atoms with Gasteiger partial charge in [0.15, 0.2) is 0 Å².